The maximum Gasteiger partial charge on any atom is 0.220 e. The zero-order valence-corrected chi connectivity index (χ0v) is 8.18. The van der Waals surface area contributed by atoms with Crippen LogP contribution in [0.5, 0.6) is 0 Å². The van der Waals surface area contributed by atoms with Gasteiger partial charge in [0.15, 0.2) is 0 Å². The Hall–Kier alpha value is -0.970. The maximum absolute atomic E-state index is 11.4. The van der Waals surface area contributed by atoms with Gasteiger partial charge in [0.2, 0.25) is 5.91 Å². The zero-order valence-electron chi connectivity index (χ0n) is 8.18. The highest BCUT2D eigenvalue weighted by molar-refractivity contribution is 5.76. The van der Waals surface area contributed by atoms with Gasteiger partial charge < -0.3 is 5.32 Å². The molecule has 1 saturated carbocycles. The molecule has 1 rings (SSSR count). The largest absolute Gasteiger partial charge is 0.353 e. The molecule has 1 unspecified atom stereocenters. The smallest absolute Gasteiger partial charge is 0.220 e. The fourth-order valence-electron chi connectivity index (χ4n) is 1.52. The predicted molar refractivity (Wildman–Crippen MR) is 53.0 cm³/mol. The average molecular weight is 179 g/mol. The van der Waals surface area contributed by atoms with Crippen LogP contribution in [0, 0.1) is 18.3 Å². The van der Waals surface area contributed by atoms with Crippen LogP contribution in [0.15, 0.2) is 0 Å². The third-order valence-electron chi connectivity index (χ3n) is 2.53. The fourth-order valence-corrected chi connectivity index (χ4v) is 1.52. The first-order chi connectivity index (χ1) is 6.22. The molecule has 0 aromatic carbocycles. The number of terminal acetylenes is 1. The van der Waals surface area contributed by atoms with E-state index < -0.39 is 0 Å². The molecule has 1 N–H and O–H groups in total. The van der Waals surface area contributed by atoms with E-state index in [0.717, 1.165) is 0 Å². The topological polar surface area (TPSA) is 29.1 Å². The molecule has 0 aromatic heterocycles. The van der Waals surface area contributed by atoms with Gasteiger partial charge in [0.25, 0.3) is 0 Å². The van der Waals surface area contributed by atoms with Crippen LogP contribution in [-0.2, 0) is 4.79 Å². The van der Waals surface area contributed by atoms with Crippen molar-refractivity contribution in [2.45, 2.75) is 45.1 Å². The molecule has 0 aliphatic heterocycles. The first-order valence-corrected chi connectivity index (χ1v) is 4.95. The summed E-state index contributed by atoms with van der Waals surface area (Å²) < 4.78 is 0. The van der Waals surface area contributed by atoms with Gasteiger partial charge in [-0.05, 0) is 25.7 Å². The summed E-state index contributed by atoms with van der Waals surface area (Å²) in [6, 6.07) is 0.123. The molecule has 0 spiro atoms. The number of hydrogen-bond acceptors (Lipinski definition) is 1. The van der Waals surface area contributed by atoms with E-state index in [4.69, 9.17) is 6.42 Å². The number of rotatable bonds is 4. The van der Waals surface area contributed by atoms with E-state index in [9.17, 15) is 4.79 Å². The van der Waals surface area contributed by atoms with Crippen molar-refractivity contribution < 1.29 is 4.79 Å². The quantitative estimate of drug-likeness (QED) is 0.654. The highest BCUT2D eigenvalue weighted by Gasteiger charge is 2.20. The lowest BCUT2D eigenvalue weighted by Crippen LogP contribution is -2.34. The summed E-state index contributed by atoms with van der Waals surface area (Å²) >= 11 is 0. The molecule has 0 heterocycles. The van der Waals surface area contributed by atoms with Gasteiger partial charge in [0, 0.05) is 18.9 Å². The summed E-state index contributed by atoms with van der Waals surface area (Å²) in [7, 11) is 0. The Bertz CT molecular complexity index is 213. The van der Waals surface area contributed by atoms with Gasteiger partial charge in [0.05, 0.1) is 0 Å². The highest BCUT2D eigenvalue weighted by atomic mass is 16.1. The summed E-state index contributed by atoms with van der Waals surface area (Å²) in [6.45, 7) is 1.94. The molecule has 0 aromatic rings. The normalized spacial score (nSPS) is 18.5. The van der Waals surface area contributed by atoms with Crippen molar-refractivity contribution in [3.05, 3.63) is 0 Å². The molecular formula is C11H17NO. The van der Waals surface area contributed by atoms with Crippen molar-refractivity contribution in [1.29, 1.82) is 0 Å². The minimum Gasteiger partial charge on any atom is -0.353 e. The van der Waals surface area contributed by atoms with E-state index >= 15 is 0 Å². The lowest BCUT2D eigenvalue weighted by molar-refractivity contribution is -0.123. The molecule has 0 bridgehead atoms. The van der Waals surface area contributed by atoms with Gasteiger partial charge in [0.1, 0.15) is 0 Å². The molecule has 0 saturated heterocycles. The molecule has 2 nitrogen and oxygen atoms in total. The highest BCUT2D eigenvalue weighted by Crippen LogP contribution is 2.29. The summed E-state index contributed by atoms with van der Waals surface area (Å²) in [5.41, 5.74) is 0. The van der Waals surface area contributed by atoms with Crippen LogP contribution in [0.4, 0.5) is 0 Å². The Morgan fingerprint density at radius 1 is 1.69 bits per heavy atom. The standard InChI is InChI=1S/C11H17NO/c1-3-5-9(2)12-11(13)8-10-6-4-7-10/h1,9-10H,4-8H2,2H3,(H,12,13). The SMILES string of the molecule is C#CCC(C)NC(=O)CC1CCC1. The summed E-state index contributed by atoms with van der Waals surface area (Å²) in [5.74, 6) is 3.34. The Morgan fingerprint density at radius 3 is 2.85 bits per heavy atom. The van der Waals surface area contributed by atoms with Gasteiger partial charge in [-0.1, -0.05) is 6.42 Å². The fraction of sp³-hybridized carbons (Fsp3) is 0.727. The lowest BCUT2D eigenvalue weighted by atomic mass is 9.83. The molecule has 1 aliphatic carbocycles. The average Bonchev–Trinajstić information content (AvgIpc) is 1.97. The Kier molecular flexibility index (Phi) is 3.82. The van der Waals surface area contributed by atoms with Crippen molar-refractivity contribution in [2.75, 3.05) is 0 Å². The van der Waals surface area contributed by atoms with E-state index in [1.54, 1.807) is 0 Å². The van der Waals surface area contributed by atoms with E-state index in [1.165, 1.54) is 19.3 Å². The lowest BCUT2D eigenvalue weighted by Gasteiger charge is -2.25. The Morgan fingerprint density at radius 2 is 2.38 bits per heavy atom. The number of carbonyl (C=O) groups is 1. The summed E-state index contributed by atoms with van der Waals surface area (Å²) in [6.07, 6.45) is 10.2. The number of carbonyl (C=O) groups excluding carboxylic acids is 1. The van der Waals surface area contributed by atoms with Crippen LogP contribution < -0.4 is 5.32 Å². The number of nitrogens with one attached hydrogen (secondary N) is 1. The predicted octanol–water partition coefficient (Wildman–Crippen LogP) is 1.70. The second kappa shape index (κ2) is 4.91. The zero-order chi connectivity index (χ0) is 9.68. The van der Waals surface area contributed by atoms with E-state index in [2.05, 4.69) is 11.2 Å². The van der Waals surface area contributed by atoms with Crippen LogP contribution >= 0.6 is 0 Å². The second-order valence-corrected chi connectivity index (χ2v) is 3.88. The maximum atomic E-state index is 11.4. The molecule has 2 heteroatoms. The van der Waals surface area contributed by atoms with Crippen LogP contribution in [0.1, 0.15) is 39.0 Å². The monoisotopic (exact) mass is 179 g/mol. The molecule has 1 fully saturated rings. The third-order valence-corrected chi connectivity index (χ3v) is 2.53. The van der Waals surface area contributed by atoms with Gasteiger partial charge in [-0.3, -0.25) is 4.79 Å². The molecule has 1 aliphatic rings. The van der Waals surface area contributed by atoms with Crippen molar-refractivity contribution in [1.82, 2.24) is 5.32 Å². The van der Waals surface area contributed by atoms with Crippen LogP contribution in [-0.4, -0.2) is 11.9 Å². The summed E-state index contributed by atoms with van der Waals surface area (Å²) in [4.78, 5) is 11.4. The molecule has 72 valence electrons. The molecule has 1 atom stereocenters. The van der Waals surface area contributed by atoms with Crippen LogP contribution in [0.25, 0.3) is 0 Å². The van der Waals surface area contributed by atoms with Crippen molar-refractivity contribution in [3.8, 4) is 12.3 Å². The van der Waals surface area contributed by atoms with E-state index in [1.807, 2.05) is 6.92 Å². The number of amides is 1. The van der Waals surface area contributed by atoms with E-state index in [0.29, 0.717) is 18.8 Å². The van der Waals surface area contributed by atoms with Gasteiger partial charge >= 0.3 is 0 Å². The Labute approximate surface area is 80.1 Å². The molecular weight excluding hydrogens is 162 g/mol. The number of hydrogen-bond donors (Lipinski definition) is 1. The van der Waals surface area contributed by atoms with Crippen LogP contribution in [0.3, 0.4) is 0 Å². The minimum atomic E-state index is 0.123. The van der Waals surface area contributed by atoms with Gasteiger partial charge in [-0.25, -0.2) is 0 Å². The van der Waals surface area contributed by atoms with E-state index in [-0.39, 0.29) is 11.9 Å². The molecule has 1 amide bonds. The van der Waals surface area contributed by atoms with Crippen molar-refractivity contribution in [2.24, 2.45) is 5.92 Å². The Balaban J connectivity index is 2.13. The molecule has 0 radical (unpaired) electrons. The van der Waals surface area contributed by atoms with Crippen molar-refractivity contribution in [3.63, 3.8) is 0 Å². The molecule has 13 heavy (non-hydrogen) atoms. The second-order valence-electron chi connectivity index (χ2n) is 3.88. The van der Waals surface area contributed by atoms with Crippen molar-refractivity contribution >= 4 is 5.91 Å². The van der Waals surface area contributed by atoms with Gasteiger partial charge in [-0.15, -0.1) is 12.3 Å². The third kappa shape index (κ3) is 3.50. The van der Waals surface area contributed by atoms with Gasteiger partial charge in [-0.2, -0.15) is 0 Å². The summed E-state index contributed by atoms with van der Waals surface area (Å²) in [5, 5.41) is 2.90. The first kappa shape index (κ1) is 10.1. The minimum absolute atomic E-state index is 0.123. The first-order valence-electron chi connectivity index (χ1n) is 4.95. The van der Waals surface area contributed by atoms with Crippen LogP contribution in [0.2, 0.25) is 0 Å².